The van der Waals surface area contributed by atoms with Crippen molar-refractivity contribution in [2.45, 2.75) is 103 Å². The van der Waals surface area contributed by atoms with Crippen molar-refractivity contribution in [3.05, 3.63) is 18.2 Å². The lowest BCUT2D eigenvalue weighted by molar-refractivity contribution is -0.144. The lowest BCUT2D eigenvalue weighted by atomic mass is 10.0. The van der Waals surface area contributed by atoms with Crippen LogP contribution in [0.4, 0.5) is 0 Å². The topological polar surface area (TPSA) is 249 Å². The maximum absolute atomic E-state index is 13.4. The average molecular weight is 690 g/mol. The summed E-state index contributed by atoms with van der Waals surface area (Å²) in [5.74, 6) is -4.29. The van der Waals surface area contributed by atoms with Crippen molar-refractivity contribution < 1.29 is 38.7 Å². The van der Waals surface area contributed by atoms with E-state index >= 15 is 0 Å². The number of aromatic amines is 1. The molecule has 3 rings (SSSR count). The minimum atomic E-state index is -1.15. The Hall–Kier alpha value is -4.54. The van der Waals surface area contributed by atoms with Crippen LogP contribution in [-0.4, -0.2) is 123 Å². The van der Waals surface area contributed by atoms with Crippen LogP contribution in [0, 0.1) is 11.8 Å². The highest BCUT2D eigenvalue weighted by molar-refractivity contribution is 5.96. The molecule has 5 atom stereocenters. The number of rotatable bonds is 17. The van der Waals surface area contributed by atoms with Gasteiger partial charge in [-0.15, -0.1) is 0 Å². The second kappa shape index (κ2) is 18.3. The molecule has 17 heteroatoms. The van der Waals surface area contributed by atoms with Crippen LogP contribution in [0.25, 0.3) is 0 Å². The molecule has 2 aliphatic heterocycles. The number of carboxylic acid groups (broad SMARTS) is 1. The molecule has 272 valence electrons. The first-order valence-corrected chi connectivity index (χ1v) is 16.9. The highest BCUT2D eigenvalue weighted by Crippen LogP contribution is 2.20. The number of aromatic nitrogens is 2. The zero-order chi connectivity index (χ0) is 36.2. The van der Waals surface area contributed by atoms with E-state index in [-0.39, 0.29) is 44.2 Å². The smallest absolute Gasteiger partial charge is 0.326 e. The standard InChI is InChI=1S/C32H51N9O8/c1-18(2)11-22(29(45)36-16-27(43)41-10-6-8-25(41)31(47)39-23(32(48)49)12-19(3)4)38-30(46)24-7-5-9-40(24)26(42)15-35-28(44)21(33)13-20-14-34-17-37-20/h14,17-19,21-25H,5-13,15-16,33H2,1-4H3,(H,34,37)(H,35,44)(H,36,45)(H,38,46)(H,39,47)(H,48,49)/t21-,22-,23-,24-,25-/m0/s1. The van der Waals surface area contributed by atoms with Gasteiger partial charge in [0.15, 0.2) is 0 Å². The monoisotopic (exact) mass is 689 g/mol. The largest absolute Gasteiger partial charge is 0.480 e. The van der Waals surface area contributed by atoms with Gasteiger partial charge >= 0.3 is 5.97 Å². The molecule has 0 unspecified atom stereocenters. The Kier molecular flexibility index (Phi) is 14.5. The van der Waals surface area contributed by atoms with Gasteiger partial charge in [0.05, 0.1) is 31.2 Å². The summed E-state index contributed by atoms with van der Waals surface area (Å²) in [5.41, 5.74) is 6.53. The number of nitrogens with two attached hydrogens (primary N) is 1. The van der Waals surface area contributed by atoms with E-state index in [0.717, 1.165) is 0 Å². The van der Waals surface area contributed by atoms with Crippen LogP contribution in [0.2, 0.25) is 0 Å². The van der Waals surface area contributed by atoms with Crippen LogP contribution in [0.1, 0.15) is 71.9 Å². The number of hydrogen-bond acceptors (Lipinski definition) is 9. The molecule has 2 fully saturated rings. The van der Waals surface area contributed by atoms with E-state index in [0.29, 0.717) is 37.9 Å². The van der Waals surface area contributed by atoms with Gasteiger partial charge in [-0.05, 0) is 50.4 Å². The Bertz CT molecular complexity index is 1340. The minimum absolute atomic E-state index is 0.00590. The van der Waals surface area contributed by atoms with Gasteiger partial charge in [0.2, 0.25) is 35.4 Å². The summed E-state index contributed by atoms with van der Waals surface area (Å²) in [6.45, 7) is 7.26. The maximum Gasteiger partial charge on any atom is 0.326 e. The molecule has 8 N–H and O–H groups in total. The van der Waals surface area contributed by atoms with Crippen molar-refractivity contribution in [1.82, 2.24) is 41.0 Å². The van der Waals surface area contributed by atoms with Crippen LogP contribution in [0.15, 0.2) is 12.5 Å². The average Bonchev–Trinajstić information content (AvgIpc) is 3.83. The van der Waals surface area contributed by atoms with Gasteiger partial charge in [-0.3, -0.25) is 28.8 Å². The summed E-state index contributed by atoms with van der Waals surface area (Å²) in [5, 5.41) is 19.9. The van der Waals surface area contributed by atoms with E-state index in [1.165, 1.54) is 16.1 Å². The normalized spacial score (nSPS) is 19.3. The van der Waals surface area contributed by atoms with E-state index in [1.54, 1.807) is 6.20 Å². The number of likely N-dealkylation sites (tertiary alicyclic amines) is 2. The molecule has 1 aromatic rings. The molecule has 2 aliphatic rings. The summed E-state index contributed by atoms with van der Waals surface area (Å²) in [6.07, 6.45) is 5.62. The van der Waals surface area contributed by atoms with Gasteiger partial charge in [-0.1, -0.05) is 27.7 Å². The quantitative estimate of drug-likeness (QED) is 0.101. The van der Waals surface area contributed by atoms with Gasteiger partial charge in [-0.2, -0.15) is 0 Å². The molecule has 0 radical (unpaired) electrons. The number of carbonyl (C=O) groups excluding carboxylic acids is 6. The summed E-state index contributed by atoms with van der Waals surface area (Å²) in [6, 6.07) is -4.69. The first kappa shape index (κ1) is 38.9. The zero-order valence-corrected chi connectivity index (χ0v) is 28.7. The van der Waals surface area contributed by atoms with Crippen molar-refractivity contribution in [2.24, 2.45) is 17.6 Å². The fourth-order valence-electron chi connectivity index (χ4n) is 6.11. The molecule has 3 heterocycles. The van der Waals surface area contributed by atoms with E-state index in [2.05, 4.69) is 31.2 Å². The third-order valence-electron chi connectivity index (χ3n) is 8.56. The predicted molar refractivity (Wildman–Crippen MR) is 176 cm³/mol. The van der Waals surface area contributed by atoms with E-state index in [9.17, 15) is 38.7 Å². The van der Waals surface area contributed by atoms with Gasteiger partial charge in [0.1, 0.15) is 24.2 Å². The summed E-state index contributed by atoms with van der Waals surface area (Å²) < 4.78 is 0. The van der Waals surface area contributed by atoms with Crippen LogP contribution >= 0.6 is 0 Å². The Balaban J connectivity index is 1.54. The first-order chi connectivity index (χ1) is 23.2. The molecule has 49 heavy (non-hydrogen) atoms. The van der Waals surface area contributed by atoms with Crippen LogP contribution in [0.3, 0.4) is 0 Å². The molecule has 1 aromatic heterocycles. The van der Waals surface area contributed by atoms with Crippen LogP contribution < -0.4 is 27.0 Å². The third-order valence-corrected chi connectivity index (χ3v) is 8.56. The molecule has 6 amide bonds. The predicted octanol–water partition coefficient (Wildman–Crippen LogP) is -1.36. The van der Waals surface area contributed by atoms with E-state index in [4.69, 9.17) is 5.73 Å². The Morgan fingerprint density at radius 3 is 1.80 bits per heavy atom. The zero-order valence-electron chi connectivity index (χ0n) is 28.7. The van der Waals surface area contributed by atoms with Gasteiger partial charge < -0.3 is 46.9 Å². The molecule has 0 aromatic carbocycles. The highest BCUT2D eigenvalue weighted by atomic mass is 16.4. The lowest BCUT2D eigenvalue weighted by Crippen LogP contribution is -2.56. The molecule has 0 aliphatic carbocycles. The van der Waals surface area contributed by atoms with Crippen molar-refractivity contribution >= 4 is 41.4 Å². The summed E-state index contributed by atoms with van der Waals surface area (Å²) in [4.78, 5) is 99.3. The fourth-order valence-corrected chi connectivity index (χ4v) is 6.11. The first-order valence-electron chi connectivity index (χ1n) is 16.9. The number of nitrogens with one attached hydrogen (secondary N) is 5. The Labute approximate surface area is 285 Å². The second-order valence-corrected chi connectivity index (χ2v) is 13.5. The number of nitrogens with zero attached hydrogens (tertiary/aromatic N) is 3. The number of carbonyl (C=O) groups is 7. The summed E-state index contributed by atoms with van der Waals surface area (Å²) in [7, 11) is 0. The number of amides is 6. The van der Waals surface area contributed by atoms with Crippen molar-refractivity contribution in [1.29, 1.82) is 0 Å². The van der Waals surface area contributed by atoms with E-state index in [1.807, 2.05) is 27.7 Å². The minimum Gasteiger partial charge on any atom is -0.480 e. The molecular weight excluding hydrogens is 638 g/mol. The summed E-state index contributed by atoms with van der Waals surface area (Å²) >= 11 is 0. The van der Waals surface area contributed by atoms with Crippen LogP contribution in [0.5, 0.6) is 0 Å². The number of aliphatic carboxylic acids is 1. The van der Waals surface area contributed by atoms with Gasteiger partial charge in [0, 0.05) is 25.7 Å². The van der Waals surface area contributed by atoms with Gasteiger partial charge in [-0.25, -0.2) is 9.78 Å². The second-order valence-electron chi connectivity index (χ2n) is 13.5. The molecule has 0 spiro atoms. The molecule has 2 saturated heterocycles. The van der Waals surface area contributed by atoms with Crippen molar-refractivity contribution in [3.63, 3.8) is 0 Å². The molecule has 0 bridgehead atoms. The SMILES string of the molecule is CC(C)C[C@H](NC(=O)[C@@H]1CCCN1C(=O)CNC(=O)[C@H](CC(C)C)NC(=O)[C@@H]1CCCN1C(=O)CNC(=O)[C@@H](N)Cc1c[nH]cn1)C(=O)O. The number of carboxylic acids is 1. The molecular formula is C32H51N9O8. The number of imidazole rings is 1. The Morgan fingerprint density at radius 2 is 1.33 bits per heavy atom. The van der Waals surface area contributed by atoms with Crippen molar-refractivity contribution in [2.75, 3.05) is 26.2 Å². The number of H-pyrrole nitrogens is 1. The van der Waals surface area contributed by atoms with E-state index < -0.39 is 78.2 Å². The van der Waals surface area contributed by atoms with Gasteiger partial charge in [0.25, 0.3) is 0 Å². The maximum atomic E-state index is 13.4. The Morgan fingerprint density at radius 1 is 0.837 bits per heavy atom. The van der Waals surface area contributed by atoms with Crippen LogP contribution in [-0.2, 0) is 40.0 Å². The molecule has 17 nitrogen and oxygen atoms in total. The highest BCUT2D eigenvalue weighted by Gasteiger charge is 2.38. The lowest BCUT2D eigenvalue weighted by Gasteiger charge is -2.28. The third kappa shape index (κ3) is 11.5. The number of hydrogen-bond donors (Lipinski definition) is 7. The van der Waals surface area contributed by atoms with Crippen molar-refractivity contribution in [3.8, 4) is 0 Å². The molecule has 0 saturated carbocycles. The fraction of sp³-hybridized carbons (Fsp3) is 0.688.